The van der Waals surface area contributed by atoms with Gasteiger partial charge in [0.25, 0.3) is 5.95 Å². The molecule has 0 aliphatic carbocycles. The molecule has 542 valence electrons. The van der Waals surface area contributed by atoms with E-state index in [2.05, 4.69) is 40.9 Å². The molecule has 0 spiro atoms. The number of rotatable bonds is 12. The number of carbonyl (C=O) groups excluding carboxylic acids is 8. The summed E-state index contributed by atoms with van der Waals surface area (Å²) in [6.45, 7) is 69.7. The molecular weight excluding hydrogens is 1190 g/mol. The van der Waals surface area contributed by atoms with Gasteiger partial charge in [0.1, 0.15) is 18.1 Å². The maximum absolute atomic E-state index is 11.4. The molecule has 22 nitrogen and oxygen atoms in total. The fourth-order valence-electron chi connectivity index (χ4n) is 4.50. The van der Waals surface area contributed by atoms with E-state index in [9.17, 15) is 43.2 Å². The standard InChI is InChI=1S/C10H14O5.C10H16O2.C8H16O3.C8H16O2.4C7H14O2.C6H12O2/c1-6-7(15-9(12)14-6)5-13-8(11)10(2,3)4;1-7-9(6-10(3,4)5)12-8(2)11-7;1-8(2,3)7(9)11-6-5-10-4;1-5-6-10-7(9)8(2,3)4;4*1-5-9-6(8)7(2,3)4;1-6(2,3)5(7)8-4/h5H2,1-4H3;2,6H2,1,3-5H3;5-6H2,1-4H3;5-6H2,1-4H3;4*5H2,1-4H3;1-4H3. The van der Waals surface area contributed by atoms with E-state index in [1.807, 2.05) is 187 Å². The van der Waals surface area contributed by atoms with Crippen LogP contribution in [0.25, 0.3) is 0 Å². The molecule has 2 rings (SSSR count). The van der Waals surface area contributed by atoms with Crippen LogP contribution in [0.3, 0.4) is 0 Å². The number of aryl methyl sites for hydroxylation is 1. The van der Waals surface area contributed by atoms with Gasteiger partial charge in [0, 0.05) is 13.5 Å². The third-order valence-corrected chi connectivity index (χ3v) is 9.90. The Kier molecular flexibility index (Phi) is 50.6. The van der Waals surface area contributed by atoms with Gasteiger partial charge >= 0.3 is 53.6 Å². The van der Waals surface area contributed by atoms with Crippen molar-refractivity contribution in [3.63, 3.8) is 0 Å². The van der Waals surface area contributed by atoms with E-state index in [0.29, 0.717) is 58.0 Å². The first-order valence-corrected chi connectivity index (χ1v) is 31.2. The fraction of sp³-hybridized carbons (Fsp3) is 0.786. The molecule has 1 aromatic heterocycles. The predicted octanol–water partition coefficient (Wildman–Crippen LogP) is 15.6. The molecule has 22 heteroatoms. The average Bonchev–Trinajstić information content (AvgIpc) is 2.04. The van der Waals surface area contributed by atoms with Crippen molar-refractivity contribution < 1.29 is 99.3 Å². The summed E-state index contributed by atoms with van der Waals surface area (Å²) >= 11 is 0. The largest absolute Gasteiger partial charge is 0.519 e. The lowest BCUT2D eigenvalue weighted by Gasteiger charge is -2.17. The Morgan fingerprint density at radius 2 is 0.663 bits per heavy atom. The van der Waals surface area contributed by atoms with Crippen molar-refractivity contribution in [2.75, 3.05) is 60.5 Å². The van der Waals surface area contributed by atoms with E-state index in [1.165, 1.54) is 7.11 Å². The zero-order valence-electron chi connectivity index (χ0n) is 64.3. The minimum absolute atomic E-state index is 0.0757. The molecule has 0 radical (unpaired) electrons. The van der Waals surface area contributed by atoms with Crippen molar-refractivity contribution >= 4 is 47.8 Å². The normalized spacial score (nSPS) is 12.1. The lowest BCUT2D eigenvalue weighted by Crippen LogP contribution is -2.24. The van der Waals surface area contributed by atoms with Crippen molar-refractivity contribution in [1.29, 1.82) is 0 Å². The van der Waals surface area contributed by atoms with Crippen LogP contribution in [0, 0.1) is 55.7 Å². The Labute approximate surface area is 555 Å². The van der Waals surface area contributed by atoms with Crippen LogP contribution in [0.2, 0.25) is 0 Å². The molecule has 0 saturated heterocycles. The summed E-state index contributed by atoms with van der Waals surface area (Å²) in [7, 11) is 2.97. The zero-order chi connectivity index (χ0) is 74.8. The third kappa shape index (κ3) is 58.9. The van der Waals surface area contributed by atoms with Gasteiger partial charge in [-0.05, 0) is 226 Å². The molecule has 0 unspecified atom stereocenters. The van der Waals surface area contributed by atoms with Crippen LogP contribution in [0.15, 0.2) is 37.7 Å². The van der Waals surface area contributed by atoms with Crippen LogP contribution in [0.1, 0.15) is 253 Å². The molecule has 0 fully saturated rings. The smallest absolute Gasteiger partial charge is 0.469 e. The summed E-state index contributed by atoms with van der Waals surface area (Å²) in [5.74, 6) is 0.583. The summed E-state index contributed by atoms with van der Waals surface area (Å²) in [4.78, 5) is 98.1. The van der Waals surface area contributed by atoms with Gasteiger partial charge in [-0.3, -0.25) is 38.4 Å². The molecule has 0 saturated carbocycles. The molecule has 1 aliphatic rings. The molecule has 0 aromatic carbocycles. The minimum Gasteiger partial charge on any atom is -0.469 e. The Balaban J connectivity index is -0.000000178. The van der Waals surface area contributed by atoms with Crippen LogP contribution in [-0.2, 0) is 97.1 Å². The monoisotopic (exact) mass is 1320 g/mol. The highest BCUT2D eigenvalue weighted by Crippen LogP contribution is 2.33. The fourth-order valence-corrected chi connectivity index (χ4v) is 4.50. The molecule has 1 aliphatic heterocycles. The number of esters is 8. The SMILES string of the molecule is C=C1OC(C)=C(CC(C)(C)C)O1.CCCOC(=O)C(C)(C)C.CCOC(=O)C(C)(C)C.CCOC(=O)C(C)(C)C.CCOC(=O)C(C)(C)C.CCOC(=O)C(C)(C)C.COC(=O)C(C)(C)C.COCCOC(=O)C(C)(C)C.Cc1oc(=O)oc1COC(=O)C(C)(C)C. The number of allylic oxidation sites excluding steroid dienone is 2. The second-order valence-corrected chi connectivity index (χ2v) is 29.9. The topological polar surface area (TPSA) is 281 Å². The van der Waals surface area contributed by atoms with Crippen LogP contribution in [0.5, 0.6) is 0 Å². The van der Waals surface area contributed by atoms with Crippen LogP contribution >= 0.6 is 0 Å². The maximum atomic E-state index is 11.4. The van der Waals surface area contributed by atoms with E-state index < -0.39 is 16.7 Å². The van der Waals surface area contributed by atoms with Crippen molar-refractivity contribution in [1.82, 2.24) is 0 Å². The minimum atomic E-state index is -0.783. The van der Waals surface area contributed by atoms with Crippen molar-refractivity contribution in [2.24, 2.45) is 48.7 Å². The van der Waals surface area contributed by atoms with Gasteiger partial charge in [0.15, 0.2) is 18.1 Å². The highest BCUT2D eigenvalue weighted by molar-refractivity contribution is 5.78. The molecule has 2 heterocycles. The van der Waals surface area contributed by atoms with E-state index in [4.69, 9.17) is 47.4 Å². The summed E-state index contributed by atoms with van der Waals surface area (Å²) in [6, 6.07) is 0. The van der Waals surface area contributed by atoms with Gasteiger partial charge in [0.2, 0.25) is 0 Å². The zero-order valence-corrected chi connectivity index (χ0v) is 64.3. The van der Waals surface area contributed by atoms with Gasteiger partial charge in [-0.1, -0.05) is 27.7 Å². The molecule has 1 aromatic rings. The summed E-state index contributed by atoms with van der Waals surface area (Å²) in [6.07, 6.45) is 1.78. The number of hydrogen-bond donors (Lipinski definition) is 0. The molecule has 0 bridgehead atoms. The van der Waals surface area contributed by atoms with Gasteiger partial charge in [-0.2, -0.15) is 0 Å². The van der Waals surface area contributed by atoms with E-state index in [-0.39, 0.29) is 98.0 Å². The van der Waals surface area contributed by atoms with Crippen LogP contribution < -0.4 is 5.82 Å². The maximum Gasteiger partial charge on any atom is 0.519 e. The van der Waals surface area contributed by atoms with Gasteiger partial charge in [-0.25, -0.2) is 4.79 Å². The lowest BCUT2D eigenvalue weighted by atomic mass is 9.91. The van der Waals surface area contributed by atoms with E-state index in [0.717, 1.165) is 24.4 Å². The number of methoxy groups -OCH3 is 2. The summed E-state index contributed by atoms with van der Waals surface area (Å²) < 4.78 is 62.8. The van der Waals surface area contributed by atoms with Crippen molar-refractivity contribution in [2.45, 2.75) is 255 Å². The highest BCUT2D eigenvalue weighted by Gasteiger charge is 2.28. The van der Waals surface area contributed by atoms with Gasteiger partial charge < -0.3 is 60.9 Å². The Morgan fingerprint density at radius 3 is 0.848 bits per heavy atom. The Bertz CT molecular complexity index is 2260. The average molecular weight is 1320 g/mol. The molecule has 92 heavy (non-hydrogen) atoms. The Morgan fingerprint density at radius 1 is 0.380 bits per heavy atom. The summed E-state index contributed by atoms with van der Waals surface area (Å²) in [5, 5.41) is 0. The lowest BCUT2D eigenvalue weighted by molar-refractivity contribution is -0.155. The quantitative estimate of drug-likeness (QED) is 0.107. The predicted molar refractivity (Wildman–Crippen MR) is 358 cm³/mol. The Hall–Kier alpha value is -6.19. The van der Waals surface area contributed by atoms with E-state index >= 15 is 0 Å². The van der Waals surface area contributed by atoms with Crippen LogP contribution in [-0.4, -0.2) is 108 Å². The van der Waals surface area contributed by atoms with Crippen molar-refractivity contribution in [3.05, 3.63) is 46.2 Å². The highest BCUT2D eigenvalue weighted by atomic mass is 16.7. The summed E-state index contributed by atoms with van der Waals surface area (Å²) in [5.41, 5.74) is -2.86. The van der Waals surface area contributed by atoms with Gasteiger partial charge in [0.05, 0.1) is 90.1 Å². The molecule has 0 amide bonds. The van der Waals surface area contributed by atoms with E-state index in [1.54, 1.807) is 34.8 Å². The molecular formula is C70H130O22. The number of hydrogen-bond acceptors (Lipinski definition) is 22. The van der Waals surface area contributed by atoms with Crippen LogP contribution in [0.4, 0.5) is 0 Å². The van der Waals surface area contributed by atoms with Crippen molar-refractivity contribution in [3.8, 4) is 0 Å². The van der Waals surface area contributed by atoms with Gasteiger partial charge in [-0.15, -0.1) is 0 Å². The molecule has 0 N–H and O–H groups in total. The third-order valence-electron chi connectivity index (χ3n) is 9.90. The second-order valence-electron chi connectivity index (χ2n) is 29.9. The molecule has 0 atom stereocenters. The first-order valence-electron chi connectivity index (χ1n) is 31.2. The number of ether oxygens (including phenoxy) is 11. The number of carbonyl (C=O) groups is 8. The second kappa shape index (κ2) is 46.8. The first-order chi connectivity index (χ1) is 41.1. The first kappa shape index (κ1) is 99.4.